The maximum Gasteiger partial charge on any atom is 0.243 e. The van der Waals surface area contributed by atoms with Gasteiger partial charge in [-0.15, -0.1) is 0 Å². The van der Waals surface area contributed by atoms with Crippen LogP contribution in [0.2, 0.25) is 0 Å². The van der Waals surface area contributed by atoms with Crippen molar-refractivity contribution in [1.29, 1.82) is 0 Å². The molecule has 0 radical (unpaired) electrons. The number of furan rings is 1. The number of ether oxygens (including phenoxy) is 1. The van der Waals surface area contributed by atoms with E-state index >= 15 is 0 Å². The molecule has 1 aromatic carbocycles. The van der Waals surface area contributed by atoms with Gasteiger partial charge in [-0.25, -0.2) is 8.42 Å². The lowest BCUT2D eigenvalue weighted by atomic mass is 10.1. The van der Waals surface area contributed by atoms with Gasteiger partial charge in [-0.05, 0) is 55.7 Å². The number of benzene rings is 1. The molecule has 9 nitrogen and oxygen atoms in total. The van der Waals surface area contributed by atoms with Crippen LogP contribution in [0, 0.1) is 0 Å². The second-order valence-electron chi connectivity index (χ2n) is 8.39. The molecule has 1 N–H and O–H groups in total. The molecule has 3 heterocycles. The Morgan fingerprint density at radius 1 is 1.18 bits per heavy atom. The monoisotopic (exact) mass is 475 g/mol. The van der Waals surface area contributed by atoms with Crippen molar-refractivity contribution in [2.75, 3.05) is 37.7 Å². The molecule has 2 aromatic rings. The molecule has 178 valence electrons. The maximum absolute atomic E-state index is 13.1. The Morgan fingerprint density at radius 3 is 2.70 bits per heavy atom. The molecule has 1 atom stereocenters. The number of carbonyl (C=O) groups excluding carboxylic acids is 2. The molecule has 1 saturated heterocycles. The summed E-state index contributed by atoms with van der Waals surface area (Å²) < 4.78 is 38.1. The van der Waals surface area contributed by atoms with Crippen molar-refractivity contribution in [3.05, 3.63) is 47.9 Å². The zero-order valence-electron chi connectivity index (χ0n) is 18.7. The van der Waals surface area contributed by atoms with Gasteiger partial charge in [-0.3, -0.25) is 9.59 Å². The van der Waals surface area contributed by atoms with Gasteiger partial charge in [0.25, 0.3) is 0 Å². The van der Waals surface area contributed by atoms with Gasteiger partial charge in [-0.1, -0.05) is 0 Å². The molecule has 0 aliphatic carbocycles. The zero-order valence-corrected chi connectivity index (χ0v) is 19.5. The van der Waals surface area contributed by atoms with Gasteiger partial charge < -0.3 is 19.4 Å². The maximum atomic E-state index is 13.1. The summed E-state index contributed by atoms with van der Waals surface area (Å²) in [5.41, 5.74) is 1.35. The van der Waals surface area contributed by atoms with Crippen LogP contribution >= 0.6 is 0 Å². The largest absolute Gasteiger partial charge is 0.469 e. The molecule has 2 aliphatic rings. The number of aryl methyl sites for hydroxylation is 1. The quantitative estimate of drug-likeness (QED) is 0.653. The lowest BCUT2D eigenvalue weighted by Crippen LogP contribution is -2.44. The van der Waals surface area contributed by atoms with Crippen molar-refractivity contribution in [3.8, 4) is 0 Å². The summed E-state index contributed by atoms with van der Waals surface area (Å²) in [7, 11) is -3.64. The number of fused-ring (bicyclic) bond motifs is 1. The first-order chi connectivity index (χ1) is 15.8. The zero-order chi connectivity index (χ0) is 23.4. The van der Waals surface area contributed by atoms with Crippen LogP contribution in [-0.4, -0.2) is 63.4 Å². The first kappa shape index (κ1) is 23.5. The lowest BCUT2D eigenvalue weighted by Gasteiger charge is -2.27. The number of nitrogens with one attached hydrogen (secondary N) is 1. The lowest BCUT2D eigenvalue weighted by molar-refractivity contribution is -0.124. The Labute approximate surface area is 193 Å². The third kappa shape index (κ3) is 5.45. The van der Waals surface area contributed by atoms with Crippen LogP contribution in [0.3, 0.4) is 0 Å². The average molecular weight is 476 g/mol. The van der Waals surface area contributed by atoms with Crippen LogP contribution < -0.4 is 10.2 Å². The number of carbonyl (C=O) groups is 2. The highest BCUT2D eigenvalue weighted by Crippen LogP contribution is 2.30. The molecule has 2 aliphatic heterocycles. The van der Waals surface area contributed by atoms with Gasteiger partial charge in [-0.2, -0.15) is 4.31 Å². The van der Waals surface area contributed by atoms with E-state index in [2.05, 4.69) is 5.32 Å². The Morgan fingerprint density at radius 2 is 1.97 bits per heavy atom. The molecule has 1 fully saturated rings. The fourth-order valence-electron chi connectivity index (χ4n) is 4.24. The van der Waals surface area contributed by atoms with Crippen LogP contribution in [0.1, 0.15) is 31.1 Å². The van der Waals surface area contributed by atoms with Gasteiger partial charge in [0.05, 0.1) is 24.4 Å². The molecule has 33 heavy (non-hydrogen) atoms. The van der Waals surface area contributed by atoms with Crippen LogP contribution in [0.15, 0.2) is 45.9 Å². The number of morpholine rings is 1. The number of hydrogen-bond donors (Lipinski definition) is 1. The summed E-state index contributed by atoms with van der Waals surface area (Å²) in [4.78, 5) is 27.1. The summed E-state index contributed by atoms with van der Waals surface area (Å²) in [6, 6.07) is 8.29. The minimum absolute atomic E-state index is 0.121. The predicted molar refractivity (Wildman–Crippen MR) is 121 cm³/mol. The van der Waals surface area contributed by atoms with Crippen molar-refractivity contribution < 1.29 is 27.2 Å². The van der Waals surface area contributed by atoms with Crippen molar-refractivity contribution in [3.63, 3.8) is 0 Å². The van der Waals surface area contributed by atoms with Crippen LogP contribution in [0.25, 0.3) is 0 Å². The van der Waals surface area contributed by atoms with E-state index < -0.39 is 10.0 Å². The number of anilines is 1. The highest BCUT2D eigenvalue weighted by molar-refractivity contribution is 7.89. The fraction of sp³-hybridized carbons (Fsp3) is 0.478. The van der Waals surface area contributed by atoms with E-state index in [4.69, 9.17) is 9.15 Å². The van der Waals surface area contributed by atoms with E-state index in [0.29, 0.717) is 57.7 Å². The molecular weight excluding hydrogens is 446 g/mol. The van der Waals surface area contributed by atoms with E-state index in [1.807, 2.05) is 13.0 Å². The Kier molecular flexibility index (Phi) is 7.16. The normalized spacial score (nSPS) is 18.5. The molecule has 2 amide bonds. The standard InChI is InChI=1S/C23H29N3O6S/c1-17(14-19-5-3-11-32-19)24-22(27)16-26-21-8-7-20(15-18(21)4-2-6-23(26)28)33(29,30)25-9-12-31-13-10-25/h3,5,7-8,11,15,17H,2,4,6,9-10,12-14,16H2,1H3,(H,24,27)/t17-/m1/s1. The SMILES string of the molecule is C[C@H](Cc1ccco1)NC(=O)CN1C(=O)CCCc2cc(S(=O)(=O)N3CCOCC3)ccc21. The van der Waals surface area contributed by atoms with Gasteiger partial charge in [0.1, 0.15) is 12.3 Å². The van der Waals surface area contributed by atoms with Crippen molar-refractivity contribution in [1.82, 2.24) is 9.62 Å². The van der Waals surface area contributed by atoms with E-state index in [1.54, 1.807) is 24.5 Å². The number of amides is 2. The molecule has 0 saturated carbocycles. The summed E-state index contributed by atoms with van der Waals surface area (Å²) in [6.45, 7) is 3.14. The van der Waals surface area contributed by atoms with E-state index in [0.717, 1.165) is 11.3 Å². The number of hydrogen-bond acceptors (Lipinski definition) is 6. The Balaban J connectivity index is 1.50. The second-order valence-corrected chi connectivity index (χ2v) is 10.3. The summed E-state index contributed by atoms with van der Waals surface area (Å²) in [5.74, 6) is 0.347. The summed E-state index contributed by atoms with van der Waals surface area (Å²) in [5, 5.41) is 2.91. The third-order valence-electron chi connectivity index (χ3n) is 5.88. The van der Waals surface area contributed by atoms with Crippen molar-refractivity contribution >= 4 is 27.5 Å². The molecule has 4 rings (SSSR count). The van der Waals surface area contributed by atoms with Crippen LogP contribution in [0.5, 0.6) is 0 Å². The minimum atomic E-state index is -3.64. The van der Waals surface area contributed by atoms with Gasteiger partial charge >= 0.3 is 0 Å². The first-order valence-corrected chi connectivity index (χ1v) is 12.6. The highest BCUT2D eigenvalue weighted by atomic mass is 32.2. The molecular formula is C23H29N3O6S. The molecule has 10 heteroatoms. The second kappa shape index (κ2) is 10.1. The molecule has 1 aromatic heterocycles. The van der Waals surface area contributed by atoms with Crippen LogP contribution in [-0.2, 0) is 37.2 Å². The molecule has 0 unspecified atom stereocenters. The topological polar surface area (TPSA) is 109 Å². The highest BCUT2D eigenvalue weighted by Gasteiger charge is 2.30. The molecule has 0 bridgehead atoms. The predicted octanol–water partition coefficient (Wildman–Crippen LogP) is 1.72. The number of sulfonamides is 1. The molecule has 0 spiro atoms. The van der Waals surface area contributed by atoms with E-state index in [9.17, 15) is 18.0 Å². The number of rotatable bonds is 7. The Hall–Kier alpha value is -2.69. The van der Waals surface area contributed by atoms with Crippen molar-refractivity contribution in [2.45, 2.75) is 43.5 Å². The summed E-state index contributed by atoms with van der Waals surface area (Å²) >= 11 is 0. The Bertz CT molecular complexity index is 1090. The minimum Gasteiger partial charge on any atom is -0.469 e. The van der Waals surface area contributed by atoms with Gasteiger partial charge in [0.15, 0.2) is 0 Å². The van der Waals surface area contributed by atoms with Gasteiger partial charge in [0.2, 0.25) is 21.8 Å². The smallest absolute Gasteiger partial charge is 0.243 e. The van der Waals surface area contributed by atoms with E-state index in [-0.39, 0.29) is 29.3 Å². The summed E-state index contributed by atoms with van der Waals surface area (Å²) in [6.07, 6.45) is 3.60. The number of nitrogens with zero attached hydrogens (tertiary/aromatic N) is 2. The fourth-order valence-corrected chi connectivity index (χ4v) is 5.70. The third-order valence-corrected chi connectivity index (χ3v) is 7.78. The van der Waals surface area contributed by atoms with E-state index in [1.165, 1.54) is 15.3 Å². The van der Waals surface area contributed by atoms with Crippen LogP contribution in [0.4, 0.5) is 5.69 Å². The average Bonchev–Trinajstić information content (AvgIpc) is 3.25. The first-order valence-electron chi connectivity index (χ1n) is 11.2. The van der Waals surface area contributed by atoms with Gasteiger partial charge in [0, 0.05) is 37.7 Å². The van der Waals surface area contributed by atoms with Crippen molar-refractivity contribution in [2.24, 2.45) is 0 Å².